The van der Waals surface area contributed by atoms with Gasteiger partial charge in [-0.3, -0.25) is 9.89 Å². The number of aliphatic hydroxyl groups is 1. The summed E-state index contributed by atoms with van der Waals surface area (Å²) in [5.41, 5.74) is 0.0370. The lowest BCUT2D eigenvalue weighted by molar-refractivity contribution is 0.0330. The van der Waals surface area contributed by atoms with Crippen LogP contribution in [-0.4, -0.2) is 32.7 Å². The fourth-order valence-electron chi connectivity index (χ4n) is 2.27. The van der Waals surface area contributed by atoms with E-state index >= 15 is 0 Å². The highest BCUT2D eigenvalue weighted by molar-refractivity contribution is 5.94. The van der Waals surface area contributed by atoms with Crippen molar-refractivity contribution in [2.24, 2.45) is 0 Å². The van der Waals surface area contributed by atoms with Crippen LogP contribution >= 0.6 is 0 Å². The molecule has 2 heterocycles. The normalized spacial score (nSPS) is 13.5. The van der Waals surface area contributed by atoms with Gasteiger partial charge >= 0.3 is 0 Å². The number of nitrogens with one attached hydrogen (secondary N) is 2. The fourth-order valence-corrected chi connectivity index (χ4v) is 2.27. The molecule has 0 aliphatic heterocycles. The first-order valence-corrected chi connectivity index (χ1v) is 7.50. The van der Waals surface area contributed by atoms with Crippen molar-refractivity contribution < 1.29 is 14.3 Å². The van der Waals surface area contributed by atoms with Crippen LogP contribution in [0.2, 0.25) is 0 Å². The predicted molar refractivity (Wildman–Crippen MR) is 87.2 cm³/mol. The molecule has 3 N–H and O–H groups in total. The van der Waals surface area contributed by atoms with E-state index in [2.05, 4.69) is 20.5 Å². The smallest absolute Gasteiger partial charge is 0.251 e. The van der Waals surface area contributed by atoms with E-state index < -0.39 is 5.60 Å². The van der Waals surface area contributed by atoms with E-state index in [1.54, 1.807) is 43.3 Å². The first kappa shape index (κ1) is 15.9. The number of hydrogen-bond acceptors (Lipinski definition) is 5. The zero-order valence-electron chi connectivity index (χ0n) is 13.4. The number of nitrogens with zero attached hydrogens (tertiary/aromatic N) is 2. The van der Waals surface area contributed by atoms with Gasteiger partial charge in [0.05, 0.1) is 12.8 Å². The van der Waals surface area contributed by atoms with Gasteiger partial charge in [0.2, 0.25) is 0 Å². The van der Waals surface area contributed by atoms with E-state index in [9.17, 15) is 9.90 Å². The lowest BCUT2D eigenvalue weighted by Gasteiger charge is -2.21. The number of carbonyl (C=O) groups excluding carboxylic acids is 1. The monoisotopic (exact) mass is 326 g/mol. The Morgan fingerprint density at radius 1 is 1.33 bits per heavy atom. The number of aromatic nitrogens is 3. The Balaban J connectivity index is 1.65. The van der Waals surface area contributed by atoms with Gasteiger partial charge in [0.25, 0.3) is 5.91 Å². The zero-order chi connectivity index (χ0) is 17.2. The van der Waals surface area contributed by atoms with Crippen LogP contribution in [0, 0.1) is 6.92 Å². The summed E-state index contributed by atoms with van der Waals surface area (Å²) >= 11 is 0. The molecule has 0 bridgehead atoms. The Bertz CT molecular complexity index is 820. The quantitative estimate of drug-likeness (QED) is 0.665. The molecule has 0 spiro atoms. The SMILES string of the molecule is Cc1nc(-c2ccc(C(=O)NCC(C)(O)c3ccco3)cc2)n[nH]1. The molecule has 7 nitrogen and oxygen atoms in total. The van der Waals surface area contributed by atoms with E-state index in [0.29, 0.717) is 17.1 Å². The Labute approximate surface area is 138 Å². The molecule has 0 saturated heterocycles. The molecule has 0 saturated carbocycles. The topological polar surface area (TPSA) is 104 Å². The summed E-state index contributed by atoms with van der Waals surface area (Å²) in [5.74, 6) is 1.44. The minimum atomic E-state index is -1.27. The molecule has 0 aliphatic carbocycles. The number of aromatic amines is 1. The number of carbonyl (C=O) groups is 1. The summed E-state index contributed by atoms with van der Waals surface area (Å²) in [6.07, 6.45) is 1.48. The van der Waals surface area contributed by atoms with Gasteiger partial charge in [-0.05, 0) is 38.1 Å². The molecule has 1 amide bonds. The van der Waals surface area contributed by atoms with Crippen molar-refractivity contribution in [3.8, 4) is 11.4 Å². The van der Waals surface area contributed by atoms with Crippen molar-refractivity contribution >= 4 is 5.91 Å². The molecule has 1 unspecified atom stereocenters. The number of amides is 1. The Hall–Kier alpha value is -2.93. The third-order valence-electron chi connectivity index (χ3n) is 3.65. The van der Waals surface area contributed by atoms with Gasteiger partial charge in [0.1, 0.15) is 17.2 Å². The summed E-state index contributed by atoms with van der Waals surface area (Å²) in [6, 6.07) is 10.3. The summed E-state index contributed by atoms with van der Waals surface area (Å²) in [4.78, 5) is 16.5. The van der Waals surface area contributed by atoms with Gasteiger partial charge in [-0.2, -0.15) is 5.10 Å². The highest BCUT2D eigenvalue weighted by atomic mass is 16.4. The maximum absolute atomic E-state index is 12.2. The lowest BCUT2D eigenvalue weighted by atomic mass is 10.0. The third kappa shape index (κ3) is 3.36. The highest BCUT2D eigenvalue weighted by Crippen LogP contribution is 2.20. The van der Waals surface area contributed by atoms with Gasteiger partial charge < -0.3 is 14.8 Å². The molecule has 1 atom stereocenters. The summed E-state index contributed by atoms with van der Waals surface area (Å²) in [5, 5.41) is 19.9. The average Bonchev–Trinajstić information content (AvgIpc) is 3.25. The minimum Gasteiger partial charge on any atom is -0.466 e. The molecule has 0 radical (unpaired) electrons. The average molecular weight is 326 g/mol. The molecule has 24 heavy (non-hydrogen) atoms. The van der Waals surface area contributed by atoms with Crippen molar-refractivity contribution in [2.75, 3.05) is 6.54 Å². The minimum absolute atomic E-state index is 0.0429. The molecule has 7 heteroatoms. The van der Waals surface area contributed by atoms with Crippen LogP contribution in [0.5, 0.6) is 0 Å². The second-order valence-corrected chi connectivity index (χ2v) is 5.76. The van der Waals surface area contributed by atoms with Gasteiger partial charge in [-0.1, -0.05) is 12.1 Å². The number of aryl methyl sites for hydroxylation is 1. The number of H-pyrrole nitrogens is 1. The summed E-state index contributed by atoms with van der Waals surface area (Å²) in [7, 11) is 0. The second-order valence-electron chi connectivity index (χ2n) is 5.76. The van der Waals surface area contributed by atoms with Crippen molar-refractivity contribution in [3.63, 3.8) is 0 Å². The second kappa shape index (κ2) is 6.29. The maximum Gasteiger partial charge on any atom is 0.251 e. The Morgan fingerprint density at radius 3 is 2.67 bits per heavy atom. The molecule has 3 aromatic rings. The van der Waals surface area contributed by atoms with Gasteiger partial charge in [-0.25, -0.2) is 4.98 Å². The van der Waals surface area contributed by atoms with Crippen molar-refractivity contribution in [1.29, 1.82) is 0 Å². The highest BCUT2D eigenvalue weighted by Gasteiger charge is 2.26. The summed E-state index contributed by atoms with van der Waals surface area (Å²) < 4.78 is 5.18. The standard InChI is InChI=1S/C17H18N4O3/c1-11-19-15(21-20-11)12-5-7-13(8-6-12)16(22)18-10-17(2,23)14-4-3-9-24-14/h3-9,23H,10H2,1-2H3,(H,18,22)(H,19,20,21). The van der Waals surface area contributed by atoms with Crippen LogP contribution in [0.3, 0.4) is 0 Å². The van der Waals surface area contributed by atoms with E-state index in [4.69, 9.17) is 4.42 Å². The van der Waals surface area contributed by atoms with Crippen molar-refractivity contribution in [2.45, 2.75) is 19.4 Å². The largest absolute Gasteiger partial charge is 0.466 e. The van der Waals surface area contributed by atoms with Crippen LogP contribution in [0.4, 0.5) is 0 Å². The maximum atomic E-state index is 12.2. The van der Waals surface area contributed by atoms with E-state index in [1.165, 1.54) is 6.26 Å². The molecule has 0 aliphatic rings. The number of hydrogen-bond donors (Lipinski definition) is 3. The first-order chi connectivity index (χ1) is 11.5. The van der Waals surface area contributed by atoms with Crippen LogP contribution in [0.1, 0.15) is 28.9 Å². The molecule has 2 aromatic heterocycles. The Kier molecular flexibility index (Phi) is 4.18. The Morgan fingerprint density at radius 2 is 2.08 bits per heavy atom. The molecule has 124 valence electrons. The molecule has 0 fully saturated rings. The molecular formula is C17H18N4O3. The van der Waals surface area contributed by atoms with E-state index in [0.717, 1.165) is 11.4 Å². The van der Waals surface area contributed by atoms with Crippen LogP contribution in [0.25, 0.3) is 11.4 Å². The molecular weight excluding hydrogens is 308 g/mol. The number of benzene rings is 1. The van der Waals surface area contributed by atoms with Crippen molar-refractivity contribution in [1.82, 2.24) is 20.5 Å². The van der Waals surface area contributed by atoms with Crippen LogP contribution < -0.4 is 5.32 Å². The van der Waals surface area contributed by atoms with Crippen molar-refractivity contribution in [3.05, 3.63) is 59.8 Å². The molecule has 3 rings (SSSR count). The predicted octanol–water partition coefficient (Wildman–Crippen LogP) is 2.01. The van der Waals surface area contributed by atoms with Crippen LogP contribution in [-0.2, 0) is 5.60 Å². The van der Waals surface area contributed by atoms with E-state index in [-0.39, 0.29) is 12.5 Å². The van der Waals surface area contributed by atoms with Crippen LogP contribution in [0.15, 0.2) is 47.1 Å². The number of rotatable bonds is 5. The van der Waals surface area contributed by atoms with Gasteiger partial charge in [0, 0.05) is 11.1 Å². The summed E-state index contributed by atoms with van der Waals surface area (Å²) in [6.45, 7) is 3.45. The first-order valence-electron chi connectivity index (χ1n) is 7.50. The van der Waals surface area contributed by atoms with Gasteiger partial charge in [-0.15, -0.1) is 0 Å². The lowest BCUT2D eigenvalue weighted by Crippen LogP contribution is -2.38. The number of furan rings is 1. The molecule has 1 aromatic carbocycles. The van der Waals surface area contributed by atoms with E-state index in [1.807, 2.05) is 6.92 Å². The third-order valence-corrected chi connectivity index (χ3v) is 3.65. The zero-order valence-corrected chi connectivity index (χ0v) is 13.4. The van der Waals surface area contributed by atoms with Gasteiger partial charge in [0.15, 0.2) is 5.82 Å². The fraction of sp³-hybridized carbons (Fsp3) is 0.235.